The maximum Gasteiger partial charge on any atom is 0.145 e. The van der Waals surface area contributed by atoms with Gasteiger partial charge in [-0.25, -0.2) is 0 Å². The maximum atomic E-state index is 6.69. The van der Waals surface area contributed by atoms with Crippen LogP contribution < -0.4 is 0 Å². The predicted octanol–water partition coefficient (Wildman–Crippen LogP) is 13.8. The molecule has 12 rings (SSSR count). The van der Waals surface area contributed by atoms with Crippen molar-refractivity contribution in [3.63, 3.8) is 0 Å². The Balaban J connectivity index is 1.13. The van der Waals surface area contributed by atoms with E-state index in [1.165, 1.54) is 66.1 Å². The number of aromatic nitrogens is 2. The van der Waals surface area contributed by atoms with Gasteiger partial charge in [0.2, 0.25) is 0 Å². The molecular weight excluding hydrogens is 657 g/mol. The Morgan fingerprint density at radius 3 is 2.00 bits per heavy atom. The molecule has 0 saturated carbocycles. The smallest absolute Gasteiger partial charge is 0.145 e. The van der Waals surface area contributed by atoms with E-state index >= 15 is 0 Å². The number of hydrogen-bond acceptors (Lipinski definition) is 1. The molecule has 0 atom stereocenters. The summed E-state index contributed by atoms with van der Waals surface area (Å²) in [5, 5.41) is 7.07. The highest BCUT2D eigenvalue weighted by atomic mass is 16.3. The highest BCUT2D eigenvalue weighted by molar-refractivity contribution is 6.31. The van der Waals surface area contributed by atoms with Crippen LogP contribution >= 0.6 is 0 Å². The van der Waals surface area contributed by atoms with Crippen molar-refractivity contribution in [2.45, 2.75) is 19.3 Å². The van der Waals surface area contributed by atoms with E-state index in [-0.39, 0.29) is 5.41 Å². The fraction of sp³-hybridized carbons (Fsp3) is 0.0588. The summed E-state index contributed by atoms with van der Waals surface area (Å²) in [6.45, 7) is 4.70. The molecule has 0 unspecified atom stereocenters. The highest BCUT2D eigenvalue weighted by Crippen LogP contribution is 2.50. The van der Waals surface area contributed by atoms with Crippen molar-refractivity contribution < 1.29 is 4.42 Å². The zero-order chi connectivity index (χ0) is 35.7. The van der Waals surface area contributed by atoms with Crippen molar-refractivity contribution in [1.29, 1.82) is 0 Å². The number of furan rings is 1. The van der Waals surface area contributed by atoms with E-state index in [2.05, 4.69) is 187 Å². The first-order chi connectivity index (χ1) is 26.6. The molecule has 254 valence electrons. The summed E-state index contributed by atoms with van der Waals surface area (Å²) in [5.74, 6) is 0. The fourth-order valence-corrected chi connectivity index (χ4v) is 9.65. The van der Waals surface area contributed by atoms with E-state index in [1.54, 1.807) is 0 Å². The third kappa shape index (κ3) is 3.85. The van der Waals surface area contributed by atoms with Crippen LogP contribution in [0.2, 0.25) is 0 Å². The molecule has 0 N–H and O–H groups in total. The van der Waals surface area contributed by atoms with Gasteiger partial charge in [-0.05, 0) is 100 Å². The quantitative estimate of drug-likeness (QED) is 0.181. The Morgan fingerprint density at radius 2 is 1.11 bits per heavy atom. The minimum atomic E-state index is -0.0527. The average molecular weight is 691 g/mol. The van der Waals surface area contributed by atoms with E-state index in [9.17, 15) is 0 Å². The summed E-state index contributed by atoms with van der Waals surface area (Å²) in [5.41, 5.74) is 16.7. The summed E-state index contributed by atoms with van der Waals surface area (Å²) >= 11 is 0. The molecule has 3 heterocycles. The van der Waals surface area contributed by atoms with Crippen molar-refractivity contribution >= 4 is 65.6 Å². The molecule has 0 spiro atoms. The van der Waals surface area contributed by atoms with Gasteiger partial charge in [-0.2, -0.15) is 0 Å². The Hall–Kier alpha value is -6.84. The van der Waals surface area contributed by atoms with E-state index in [1.807, 2.05) is 6.07 Å². The Kier molecular flexibility index (Phi) is 5.84. The zero-order valence-electron chi connectivity index (χ0n) is 30.0. The van der Waals surface area contributed by atoms with Crippen molar-refractivity contribution in [2.75, 3.05) is 0 Å². The lowest BCUT2D eigenvalue weighted by molar-refractivity contribution is 0.660. The maximum absolute atomic E-state index is 6.69. The Bertz CT molecular complexity index is 3350. The van der Waals surface area contributed by atoms with Gasteiger partial charge in [0.25, 0.3) is 0 Å². The van der Waals surface area contributed by atoms with Crippen LogP contribution in [0, 0.1) is 0 Å². The third-order valence-corrected chi connectivity index (χ3v) is 12.1. The van der Waals surface area contributed by atoms with Crippen LogP contribution in [-0.2, 0) is 5.41 Å². The second kappa shape index (κ2) is 10.6. The lowest BCUT2D eigenvalue weighted by Gasteiger charge is -2.22. The van der Waals surface area contributed by atoms with Gasteiger partial charge in [0.1, 0.15) is 11.2 Å². The van der Waals surface area contributed by atoms with Crippen molar-refractivity contribution in [3.05, 3.63) is 181 Å². The van der Waals surface area contributed by atoms with Crippen LogP contribution in [0.5, 0.6) is 0 Å². The molecule has 0 radical (unpaired) electrons. The number of hydrogen-bond donors (Lipinski definition) is 0. The number of para-hydroxylation sites is 3. The molecule has 0 amide bonds. The lowest BCUT2D eigenvalue weighted by atomic mass is 9.81. The van der Waals surface area contributed by atoms with E-state index in [0.717, 1.165) is 44.2 Å². The van der Waals surface area contributed by atoms with Gasteiger partial charge in [-0.15, -0.1) is 0 Å². The third-order valence-electron chi connectivity index (χ3n) is 12.1. The summed E-state index contributed by atoms with van der Waals surface area (Å²) in [7, 11) is 0. The molecule has 1 aliphatic carbocycles. The normalized spacial score (nSPS) is 13.5. The van der Waals surface area contributed by atoms with Crippen LogP contribution in [0.3, 0.4) is 0 Å². The Morgan fingerprint density at radius 1 is 0.426 bits per heavy atom. The summed E-state index contributed by atoms with van der Waals surface area (Å²) < 4.78 is 11.6. The highest BCUT2D eigenvalue weighted by Gasteiger charge is 2.35. The predicted molar refractivity (Wildman–Crippen MR) is 225 cm³/mol. The molecular formula is C51H34N2O. The number of rotatable bonds is 3. The van der Waals surface area contributed by atoms with Crippen LogP contribution in [-0.4, -0.2) is 9.13 Å². The van der Waals surface area contributed by atoms with E-state index in [0.29, 0.717) is 0 Å². The molecule has 0 bridgehead atoms. The minimum Gasteiger partial charge on any atom is -0.455 e. The number of nitrogens with zero attached hydrogens (tertiary/aromatic N) is 2. The molecule has 54 heavy (non-hydrogen) atoms. The molecule has 3 heteroatoms. The van der Waals surface area contributed by atoms with Gasteiger partial charge in [0.15, 0.2) is 0 Å². The van der Waals surface area contributed by atoms with Crippen LogP contribution in [0.15, 0.2) is 174 Å². The molecule has 8 aromatic carbocycles. The SMILES string of the molecule is CC1(C)c2ccccc2-c2ccc(-c3cccc(-n4c5ccccc5c5c4ccc4c6c7oc8ccccc8c7ccc6n(-c6ccccc6)c45)c3)cc21. The van der Waals surface area contributed by atoms with Crippen LogP contribution in [0.1, 0.15) is 25.0 Å². The van der Waals surface area contributed by atoms with Gasteiger partial charge < -0.3 is 13.6 Å². The molecule has 3 nitrogen and oxygen atoms in total. The first-order valence-electron chi connectivity index (χ1n) is 18.8. The zero-order valence-corrected chi connectivity index (χ0v) is 30.0. The first kappa shape index (κ1) is 29.7. The summed E-state index contributed by atoms with van der Waals surface area (Å²) in [6, 6.07) is 62.1. The van der Waals surface area contributed by atoms with Gasteiger partial charge in [-0.1, -0.05) is 117 Å². The molecule has 3 aromatic heterocycles. The van der Waals surface area contributed by atoms with Crippen LogP contribution in [0.25, 0.3) is 99.2 Å². The van der Waals surface area contributed by atoms with E-state index in [4.69, 9.17) is 4.42 Å². The van der Waals surface area contributed by atoms with Gasteiger partial charge >= 0.3 is 0 Å². The minimum absolute atomic E-state index is 0.0527. The topological polar surface area (TPSA) is 23.0 Å². The monoisotopic (exact) mass is 690 g/mol. The summed E-state index contributed by atoms with van der Waals surface area (Å²) in [6.07, 6.45) is 0. The molecule has 0 aliphatic heterocycles. The largest absolute Gasteiger partial charge is 0.455 e. The molecule has 1 aliphatic rings. The second-order valence-corrected chi connectivity index (χ2v) is 15.3. The van der Waals surface area contributed by atoms with Crippen molar-refractivity contribution in [1.82, 2.24) is 9.13 Å². The molecule has 0 fully saturated rings. The Labute approximate surface area is 311 Å². The van der Waals surface area contributed by atoms with Crippen molar-refractivity contribution in [3.8, 4) is 33.6 Å². The van der Waals surface area contributed by atoms with Gasteiger partial charge in [0, 0.05) is 43.7 Å². The average Bonchev–Trinajstić information content (AvgIpc) is 3.93. The first-order valence-corrected chi connectivity index (χ1v) is 18.8. The standard InChI is InChI=1S/C51H34N2O/c1-51(2)41-20-9-6-17-35(41)36-24-23-32(30-42(36)51)31-13-12-16-34(29-31)52-43-21-10-7-19-39(43)47-44(52)28-26-40-48-45(53(49(40)47)33-14-4-3-5-15-33)27-25-38-37-18-8-11-22-46(37)54-50(38)48/h3-30H,1-2H3. The number of benzene rings is 8. The van der Waals surface area contributed by atoms with Gasteiger partial charge in [0.05, 0.1) is 27.5 Å². The molecule has 0 saturated heterocycles. The lowest BCUT2D eigenvalue weighted by Crippen LogP contribution is -2.14. The summed E-state index contributed by atoms with van der Waals surface area (Å²) in [4.78, 5) is 0. The number of fused-ring (bicyclic) bond motifs is 14. The molecule has 11 aromatic rings. The van der Waals surface area contributed by atoms with Gasteiger partial charge in [-0.3, -0.25) is 0 Å². The van der Waals surface area contributed by atoms with Crippen molar-refractivity contribution in [2.24, 2.45) is 0 Å². The second-order valence-electron chi connectivity index (χ2n) is 15.3. The van der Waals surface area contributed by atoms with Crippen LogP contribution in [0.4, 0.5) is 0 Å². The fourth-order valence-electron chi connectivity index (χ4n) is 9.65. The van der Waals surface area contributed by atoms with E-state index < -0.39 is 0 Å².